The number of rotatable bonds is 1. The lowest BCUT2D eigenvalue weighted by molar-refractivity contribution is 1.34. The third-order valence-corrected chi connectivity index (χ3v) is 3.00. The largest absolute Gasteiger partial charge is 0.398 e. The van der Waals surface area contributed by atoms with Crippen LogP contribution in [0.5, 0.6) is 0 Å². The molecule has 0 amide bonds. The molecule has 4 N–H and O–H groups in total. The van der Waals surface area contributed by atoms with E-state index >= 15 is 0 Å². The van der Waals surface area contributed by atoms with Gasteiger partial charge in [-0.05, 0) is 37.1 Å². The third kappa shape index (κ3) is 1.63. The average Bonchev–Trinajstić information content (AvgIpc) is 2.27. The quantitative estimate of drug-likeness (QED) is 0.713. The van der Waals surface area contributed by atoms with Crippen molar-refractivity contribution >= 4 is 11.4 Å². The van der Waals surface area contributed by atoms with Crippen LogP contribution in [0.15, 0.2) is 36.4 Å². The summed E-state index contributed by atoms with van der Waals surface area (Å²) < 4.78 is 0. The summed E-state index contributed by atoms with van der Waals surface area (Å²) in [6.45, 7) is 4.16. The molecule has 2 nitrogen and oxygen atoms in total. The zero-order valence-corrected chi connectivity index (χ0v) is 9.62. The van der Waals surface area contributed by atoms with E-state index in [1.54, 1.807) is 0 Å². The molecule has 2 aromatic carbocycles. The number of nitrogen functional groups attached to an aromatic ring is 2. The Balaban J connectivity index is 2.74. The lowest BCUT2D eigenvalue weighted by Crippen LogP contribution is -1.98. The van der Waals surface area contributed by atoms with Crippen molar-refractivity contribution in [1.82, 2.24) is 0 Å². The minimum absolute atomic E-state index is 0.767. The zero-order chi connectivity index (χ0) is 11.7. The average molecular weight is 212 g/mol. The van der Waals surface area contributed by atoms with Gasteiger partial charge < -0.3 is 11.5 Å². The molecule has 0 heterocycles. The van der Waals surface area contributed by atoms with Gasteiger partial charge in [-0.3, -0.25) is 0 Å². The van der Waals surface area contributed by atoms with E-state index in [0.29, 0.717) is 0 Å². The SMILES string of the molecule is Cc1ccc(N)c(-c2ccccc2N)c1C. The molecule has 0 saturated heterocycles. The van der Waals surface area contributed by atoms with Gasteiger partial charge in [0.1, 0.15) is 0 Å². The number of hydrogen-bond donors (Lipinski definition) is 2. The Labute approximate surface area is 95.9 Å². The van der Waals surface area contributed by atoms with Crippen molar-refractivity contribution in [2.75, 3.05) is 11.5 Å². The first-order valence-electron chi connectivity index (χ1n) is 5.32. The van der Waals surface area contributed by atoms with Gasteiger partial charge in [0.2, 0.25) is 0 Å². The molecule has 0 atom stereocenters. The van der Waals surface area contributed by atoms with E-state index in [1.165, 1.54) is 11.1 Å². The molecule has 2 heteroatoms. The van der Waals surface area contributed by atoms with E-state index in [1.807, 2.05) is 36.4 Å². The molecular formula is C14H16N2. The number of aryl methyl sites for hydroxylation is 1. The Kier molecular flexibility index (Phi) is 2.57. The van der Waals surface area contributed by atoms with Gasteiger partial charge in [-0.25, -0.2) is 0 Å². The van der Waals surface area contributed by atoms with Crippen LogP contribution >= 0.6 is 0 Å². The Morgan fingerprint density at radius 1 is 0.812 bits per heavy atom. The predicted molar refractivity (Wildman–Crippen MR) is 70.2 cm³/mol. The molecule has 0 saturated carbocycles. The van der Waals surface area contributed by atoms with E-state index in [2.05, 4.69) is 13.8 Å². The molecule has 0 aliphatic carbocycles. The van der Waals surface area contributed by atoms with Crippen LogP contribution in [-0.2, 0) is 0 Å². The fraction of sp³-hybridized carbons (Fsp3) is 0.143. The van der Waals surface area contributed by atoms with Crippen LogP contribution in [0.25, 0.3) is 11.1 Å². The van der Waals surface area contributed by atoms with Crippen LogP contribution in [0.3, 0.4) is 0 Å². The fourth-order valence-corrected chi connectivity index (χ4v) is 1.92. The Morgan fingerprint density at radius 2 is 1.50 bits per heavy atom. The highest BCUT2D eigenvalue weighted by molar-refractivity contribution is 5.86. The molecule has 0 fully saturated rings. The van der Waals surface area contributed by atoms with Gasteiger partial charge >= 0.3 is 0 Å². The van der Waals surface area contributed by atoms with Crippen molar-refractivity contribution in [3.05, 3.63) is 47.5 Å². The smallest absolute Gasteiger partial charge is 0.0397 e. The van der Waals surface area contributed by atoms with Crippen LogP contribution in [0, 0.1) is 13.8 Å². The van der Waals surface area contributed by atoms with Crippen LogP contribution in [0.4, 0.5) is 11.4 Å². The molecule has 82 valence electrons. The van der Waals surface area contributed by atoms with Gasteiger partial charge in [0.05, 0.1) is 0 Å². The summed E-state index contributed by atoms with van der Waals surface area (Å²) in [5.41, 5.74) is 18.1. The van der Waals surface area contributed by atoms with Crippen LogP contribution < -0.4 is 11.5 Å². The fourth-order valence-electron chi connectivity index (χ4n) is 1.92. The van der Waals surface area contributed by atoms with Gasteiger partial charge in [-0.2, -0.15) is 0 Å². The van der Waals surface area contributed by atoms with Gasteiger partial charge in [-0.15, -0.1) is 0 Å². The Morgan fingerprint density at radius 3 is 2.19 bits per heavy atom. The first-order valence-corrected chi connectivity index (χ1v) is 5.32. The lowest BCUT2D eigenvalue weighted by Gasteiger charge is -2.14. The normalized spacial score (nSPS) is 10.4. The highest BCUT2D eigenvalue weighted by atomic mass is 14.6. The lowest BCUT2D eigenvalue weighted by atomic mass is 9.94. The van der Waals surface area contributed by atoms with Crippen LogP contribution in [0.1, 0.15) is 11.1 Å². The molecule has 0 aliphatic rings. The number of anilines is 2. The van der Waals surface area contributed by atoms with Crippen molar-refractivity contribution < 1.29 is 0 Å². The molecule has 16 heavy (non-hydrogen) atoms. The Hall–Kier alpha value is -1.96. The first kappa shape index (κ1) is 10.6. The van der Waals surface area contributed by atoms with Gasteiger partial charge in [-0.1, -0.05) is 24.3 Å². The maximum Gasteiger partial charge on any atom is 0.0397 e. The highest BCUT2D eigenvalue weighted by Crippen LogP contribution is 2.34. The van der Waals surface area contributed by atoms with E-state index < -0.39 is 0 Å². The molecule has 0 aromatic heterocycles. The molecule has 2 aromatic rings. The summed E-state index contributed by atoms with van der Waals surface area (Å²) >= 11 is 0. The minimum atomic E-state index is 0.767. The summed E-state index contributed by atoms with van der Waals surface area (Å²) in [4.78, 5) is 0. The van der Waals surface area contributed by atoms with Crippen molar-refractivity contribution in [3.8, 4) is 11.1 Å². The summed E-state index contributed by atoms with van der Waals surface area (Å²) in [5.74, 6) is 0. The molecule has 0 spiro atoms. The maximum atomic E-state index is 6.04. The predicted octanol–water partition coefficient (Wildman–Crippen LogP) is 3.13. The second-order valence-electron chi connectivity index (χ2n) is 4.06. The van der Waals surface area contributed by atoms with E-state index in [4.69, 9.17) is 11.5 Å². The molecule has 0 aliphatic heterocycles. The van der Waals surface area contributed by atoms with E-state index in [-0.39, 0.29) is 0 Å². The van der Waals surface area contributed by atoms with Gasteiger partial charge in [0.15, 0.2) is 0 Å². The van der Waals surface area contributed by atoms with Gasteiger partial charge in [0, 0.05) is 22.5 Å². The first-order chi connectivity index (χ1) is 7.61. The molecule has 0 unspecified atom stereocenters. The monoisotopic (exact) mass is 212 g/mol. The zero-order valence-electron chi connectivity index (χ0n) is 9.62. The number of nitrogens with two attached hydrogens (primary N) is 2. The number of benzene rings is 2. The molecule has 0 bridgehead atoms. The topological polar surface area (TPSA) is 52.0 Å². The van der Waals surface area contributed by atoms with Crippen molar-refractivity contribution in [3.63, 3.8) is 0 Å². The van der Waals surface area contributed by atoms with Crippen LogP contribution in [-0.4, -0.2) is 0 Å². The minimum Gasteiger partial charge on any atom is -0.398 e. The number of para-hydroxylation sites is 1. The highest BCUT2D eigenvalue weighted by Gasteiger charge is 2.10. The second-order valence-corrected chi connectivity index (χ2v) is 4.06. The summed E-state index contributed by atoms with van der Waals surface area (Å²) in [5, 5.41) is 0. The van der Waals surface area contributed by atoms with Crippen molar-refractivity contribution in [1.29, 1.82) is 0 Å². The maximum absolute atomic E-state index is 6.04. The van der Waals surface area contributed by atoms with E-state index in [9.17, 15) is 0 Å². The van der Waals surface area contributed by atoms with Gasteiger partial charge in [0.25, 0.3) is 0 Å². The summed E-state index contributed by atoms with van der Waals surface area (Å²) in [6.07, 6.45) is 0. The number of hydrogen-bond acceptors (Lipinski definition) is 2. The van der Waals surface area contributed by atoms with Crippen molar-refractivity contribution in [2.45, 2.75) is 13.8 Å². The van der Waals surface area contributed by atoms with Crippen LogP contribution in [0.2, 0.25) is 0 Å². The Bertz CT molecular complexity index is 530. The molecular weight excluding hydrogens is 196 g/mol. The standard InChI is InChI=1S/C14H16N2/c1-9-7-8-13(16)14(10(9)2)11-5-3-4-6-12(11)15/h3-8H,15-16H2,1-2H3. The molecule has 2 rings (SSSR count). The third-order valence-electron chi connectivity index (χ3n) is 3.00. The van der Waals surface area contributed by atoms with Crippen molar-refractivity contribution in [2.24, 2.45) is 0 Å². The summed E-state index contributed by atoms with van der Waals surface area (Å²) in [6, 6.07) is 11.8. The summed E-state index contributed by atoms with van der Waals surface area (Å²) in [7, 11) is 0. The van der Waals surface area contributed by atoms with E-state index in [0.717, 1.165) is 22.5 Å². The second kappa shape index (κ2) is 3.89. The molecule has 0 radical (unpaired) electrons.